The van der Waals surface area contributed by atoms with Crippen LogP contribution < -0.4 is 0 Å². The lowest BCUT2D eigenvalue weighted by Gasteiger charge is -2.06. The molecule has 0 aliphatic carbocycles. The first-order valence-corrected chi connectivity index (χ1v) is 9.58. The van der Waals surface area contributed by atoms with E-state index in [9.17, 15) is 4.79 Å². The molecule has 0 radical (unpaired) electrons. The molecule has 24 heavy (non-hydrogen) atoms. The Kier molecular flexibility index (Phi) is 5.15. The van der Waals surface area contributed by atoms with Gasteiger partial charge < -0.3 is 4.57 Å². The van der Waals surface area contributed by atoms with E-state index in [0.717, 1.165) is 23.5 Å². The predicted molar refractivity (Wildman–Crippen MR) is 95.9 cm³/mol. The SMILES string of the molecule is CCn1c(C)cc(C(=O)CSc2nnnn2Cc2cccs2)c1C. The van der Waals surface area contributed by atoms with E-state index in [2.05, 4.69) is 27.0 Å². The largest absolute Gasteiger partial charge is 0.349 e. The van der Waals surface area contributed by atoms with Gasteiger partial charge in [-0.1, -0.05) is 17.8 Å². The first-order chi connectivity index (χ1) is 11.6. The summed E-state index contributed by atoms with van der Waals surface area (Å²) < 4.78 is 3.89. The molecule has 0 atom stereocenters. The zero-order valence-electron chi connectivity index (χ0n) is 13.9. The molecule has 126 valence electrons. The number of carbonyl (C=O) groups excluding carboxylic acids is 1. The van der Waals surface area contributed by atoms with E-state index in [1.807, 2.05) is 37.4 Å². The van der Waals surface area contributed by atoms with Gasteiger partial charge in [0.05, 0.1) is 12.3 Å². The normalized spacial score (nSPS) is 11.1. The highest BCUT2D eigenvalue weighted by Gasteiger charge is 2.17. The Balaban J connectivity index is 1.68. The second-order valence-corrected chi connectivity index (χ2v) is 7.41. The van der Waals surface area contributed by atoms with Gasteiger partial charge in [-0.3, -0.25) is 4.79 Å². The monoisotopic (exact) mass is 361 g/mol. The van der Waals surface area contributed by atoms with E-state index < -0.39 is 0 Å². The second kappa shape index (κ2) is 7.31. The van der Waals surface area contributed by atoms with E-state index in [-0.39, 0.29) is 5.78 Å². The topological polar surface area (TPSA) is 65.6 Å². The molecule has 0 aliphatic heterocycles. The summed E-state index contributed by atoms with van der Waals surface area (Å²) in [7, 11) is 0. The van der Waals surface area contributed by atoms with Gasteiger partial charge in [0.1, 0.15) is 0 Å². The van der Waals surface area contributed by atoms with Crippen LogP contribution in [0, 0.1) is 13.8 Å². The minimum absolute atomic E-state index is 0.110. The number of aryl methyl sites for hydroxylation is 1. The highest BCUT2D eigenvalue weighted by molar-refractivity contribution is 7.99. The molecule has 0 saturated heterocycles. The van der Waals surface area contributed by atoms with E-state index in [0.29, 0.717) is 17.5 Å². The smallest absolute Gasteiger partial charge is 0.210 e. The zero-order chi connectivity index (χ0) is 17.1. The van der Waals surface area contributed by atoms with Crippen LogP contribution in [0.15, 0.2) is 28.7 Å². The van der Waals surface area contributed by atoms with Crippen molar-refractivity contribution >= 4 is 28.9 Å². The lowest BCUT2D eigenvalue weighted by atomic mass is 10.2. The Labute approximate surface area is 148 Å². The number of Topliss-reactive ketones (excluding diaryl/α,β-unsaturated/α-hetero) is 1. The van der Waals surface area contributed by atoms with Crippen LogP contribution in [-0.2, 0) is 13.1 Å². The number of tetrazole rings is 1. The molecule has 0 N–H and O–H groups in total. The van der Waals surface area contributed by atoms with Gasteiger partial charge in [0, 0.05) is 28.4 Å². The van der Waals surface area contributed by atoms with Crippen molar-refractivity contribution in [1.82, 2.24) is 24.8 Å². The quantitative estimate of drug-likeness (QED) is 0.478. The van der Waals surface area contributed by atoms with E-state index in [1.165, 1.54) is 16.6 Å². The minimum atomic E-state index is 0.110. The van der Waals surface area contributed by atoms with Gasteiger partial charge >= 0.3 is 0 Å². The average molecular weight is 361 g/mol. The second-order valence-electron chi connectivity index (χ2n) is 5.44. The van der Waals surface area contributed by atoms with Crippen LogP contribution in [0.1, 0.15) is 33.5 Å². The van der Waals surface area contributed by atoms with Crippen LogP contribution in [0.5, 0.6) is 0 Å². The van der Waals surface area contributed by atoms with Crippen molar-refractivity contribution in [2.45, 2.75) is 39.0 Å². The molecule has 0 unspecified atom stereocenters. The van der Waals surface area contributed by atoms with Crippen molar-refractivity contribution in [2.75, 3.05) is 5.75 Å². The molecule has 0 aliphatic rings. The number of thioether (sulfide) groups is 1. The van der Waals surface area contributed by atoms with Gasteiger partial charge in [-0.15, -0.1) is 16.4 Å². The maximum atomic E-state index is 12.6. The summed E-state index contributed by atoms with van der Waals surface area (Å²) >= 11 is 3.05. The first-order valence-electron chi connectivity index (χ1n) is 7.71. The Bertz CT molecular complexity index is 835. The van der Waals surface area contributed by atoms with Gasteiger partial charge in [0.15, 0.2) is 5.78 Å². The summed E-state index contributed by atoms with van der Waals surface area (Å²) in [6.45, 7) is 7.61. The van der Waals surface area contributed by atoms with E-state index in [1.54, 1.807) is 16.0 Å². The van der Waals surface area contributed by atoms with Gasteiger partial charge in [-0.25, -0.2) is 4.68 Å². The summed E-state index contributed by atoms with van der Waals surface area (Å²) in [5.74, 6) is 0.442. The summed E-state index contributed by atoms with van der Waals surface area (Å²) in [5.41, 5.74) is 2.93. The Morgan fingerprint density at radius 3 is 2.88 bits per heavy atom. The van der Waals surface area contributed by atoms with Crippen LogP contribution in [-0.4, -0.2) is 36.3 Å². The van der Waals surface area contributed by atoms with Crippen LogP contribution in [0.4, 0.5) is 0 Å². The van der Waals surface area contributed by atoms with E-state index >= 15 is 0 Å². The molecule has 0 amide bonds. The number of hydrogen-bond acceptors (Lipinski definition) is 6. The Morgan fingerprint density at radius 2 is 2.21 bits per heavy atom. The fourth-order valence-electron chi connectivity index (χ4n) is 2.73. The average Bonchev–Trinajstić information content (AvgIpc) is 3.28. The fourth-order valence-corrected chi connectivity index (χ4v) is 4.17. The minimum Gasteiger partial charge on any atom is -0.349 e. The summed E-state index contributed by atoms with van der Waals surface area (Å²) in [6.07, 6.45) is 0. The van der Waals surface area contributed by atoms with Crippen molar-refractivity contribution in [1.29, 1.82) is 0 Å². The number of carbonyl (C=O) groups is 1. The van der Waals surface area contributed by atoms with Crippen molar-refractivity contribution in [3.8, 4) is 0 Å². The molecular weight excluding hydrogens is 342 g/mol. The molecule has 0 saturated carbocycles. The third-order valence-corrected chi connectivity index (χ3v) is 5.73. The highest BCUT2D eigenvalue weighted by atomic mass is 32.2. The molecule has 0 fully saturated rings. The Hall–Kier alpha value is -1.93. The fraction of sp³-hybridized carbons (Fsp3) is 0.375. The van der Waals surface area contributed by atoms with Crippen LogP contribution in [0.25, 0.3) is 0 Å². The van der Waals surface area contributed by atoms with Gasteiger partial charge in [0.25, 0.3) is 0 Å². The summed E-state index contributed by atoms with van der Waals surface area (Å²) in [5, 5.41) is 14.5. The molecule has 3 heterocycles. The van der Waals surface area contributed by atoms with Crippen molar-refractivity contribution in [3.05, 3.63) is 45.4 Å². The molecule has 3 aromatic heterocycles. The number of ketones is 1. The zero-order valence-corrected chi connectivity index (χ0v) is 15.5. The van der Waals surface area contributed by atoms with Gasteiger partial charge in [0.2, 0.25) is 5.16 Å². The molecule has 6 nitrogen and oxygen atoms in total. The van der Waals surface area contributed by atoms with Gasteiger partial charge in [-0.05, 0) is 48.7 Å². The molecule has 3 rings (SSSR count). The summed E-state index contributed by atoms with van der Waals surface area (Å²) in [4.78, 5) is 13.7. The third kappa shape index (κ3) is 3.44. The maximum Gasteiger partial charge on any atom is 0.210 e. The third-order valence-electron chi connectivity index (χ3n) is 3.91. The molecule has 3 aromatic rings. The number of aromatic nitrogens is 5. The molecule has 0 aromatic carbocycles. The molecule has 8 heteroatoms. The van der Waals surface area contributed by atoms with Crippen LogP contribution in [0.2, 0.25) is 0 Å². The lowest BCUT2D eigenvalue weighted by Crippen LogP contribution is -2.08. The summed E-state index contributed by atoms with van der Waals surface area (Å²) in [6, 6.07) is 6.02. The lowest BCUT2D eigenvalue weighted by molar-refractivity contribution is 0.102. The highest BCUT2D eigenvalue weighted by Crippen LogP contribution is 2.21. The van der Waals surface area contributed by atoms with Crippen LogP contribution in [0.3, 0.4) is 0 Å². The molecular formula is C16H19N5OS2. The molecule has 0 spiro atoms. The first kappa shape index (κ1) is 16.9. The maximum absolute atomic E-state index is 12.6. The molecule has 0 bridgehead atoms. The van der Waals surface area contributed by atoms with Crippen molar-refractivity contribution < 1.29 is 4.79 Å². The number of nitrogens with zero attached hydrogens (tertiary/aromatic N) is 5. The number of hydrogen-bond donors (Lipinski definition) is 0. The van der Waals surface area contributed by atoms with Crippen molar-refractivity contribution in [2.24, 2.45) is 0 Å². The number of rotatable bonds is 7. The van der Waals surface area contributed by atoms with Crippen molar-refractivity contribution in [3.63, 3.8) is 0 Å². The Morgan fingerprint density at radius 1 is 1.38 bits per heavy atom. The predicted octanol–water partition coefficient (Wildman–Crippen LogP) is 3.20. The van der Waals surface area contributed by atoms with Crippen LogP contribution >= 0.6 is 23.1 Å². The van der Waals surface area contributed by atoms with E-state index in [4.69, 9.17) is 0 Å². The van der Waals surface area contributed by atoms with Gasteiger partial charge in [-0.2, -0.15) is 0 Å². The number of thiophene rings is 1. The standard InChI is InChI=1S/C16H19N5OS2/c1-4-20-11(2)8-14(12(20)3)15(22)10-24-16-17-18-19-21(16)9-13-6-5-7-23-13/h5-8H,4,9-10H2,1-3H3.